The van der Waals surface area contributed by atoms with Crippen molar-refractivity contribution in [3.63, 3.8) is 0 Å². The normalized spacial score (nSPS) is 23.2. The van der Waals surface area contributed by atoms with E-state index in [0.717, 1.165) is 0 Å². The molecule has 0 saturated heterocycles. The van der Waals surface area contributed by atoms with E-state index in [4.69, 9.17) is 4.74 Å². The summed E-state index contributed by atoms with van der Waals surface area (Å²) in [5.41, 5.74) is 0.686. The van der Waals surface area contributed by atoms with Crippen LogP contribution in [0.2, 0.25) is 0 Å². The van der Waals surface area contributed by atoms with Crippen LogP contribution in [-0.2, 0) is 20.7 Å². The number of nitro groups is 1. The molecule has 2 heterocycles. The maximum atomic E-state index is 13.2. The zero-order chi connectivity index (χ0) is 22.0. The van der Waals surface area contributed by atoms with Crippen molar-refractivity contribution in [3.8, 4) is 0 Å². The Bertz CT molecular complexity index is 988. The molecule has 0 atom stereocenters. The number of ketones is 2. The summed E-state index contributed by atoms with van der Waals surface area (Å²) in [5, 5.41) is 11.6. The van der Waals surface area contributed by atoms with Crippen LogP contribution in [0.15, 0.2) is 28.7 Å². The van der Waals surface area contributed by atoms with Crippen molar-refractivity contribution >= 4 is 28.6 Å². The van der Waals surface area contributed by atoms with Gasteiger partial charge in [0, 0.05) is 47.8 Å². The lowest BCUT2D eigenvalue weighted by Gasteiger charge is -2.42. The number of thiophene rings is 1. The van der Waals surface area contributed by atoms with Crippen molar-refractivity contribution < 1.29 is 19.2 Å². The first-order chi connectivity index (χ1) is 13.9. The molecule has 0 radical (unpaired) electrons. The van der Waals surface area contributed by atoms with Gasteiger partial charge in [-0.3, -0.25) is 19.7 Å². The fraction of sp³-hybridized carbons (Fsp3) is 0.565. The van der Waals surface area contributed by atoms with Crippen molar-refractivity contribution in [3.05, 3.63) is 48.6 Å². The van der Waals surface area contributed by atoms with Crippen molar-refractivity contribution in [2.45, 2.75) is 72.6 Å². The molecule has 7 heteroatoms. The summed E-state index contributed by atoms with van der Waals surface area (Å²) in [5.74, 6) is 0.674. The highest BCUT2D eigenvalue weighted by molar-refractivity contribution is 7.12. The molecule has 6 nitrogen and oxygen atoms in total. The molecule has 30 heavy (non-hydrogen) atoms. The zero-order valence-electron chi connectivity index (χ0n) is 18.1. The molecule has 1 aromatic heterocycles. The molecule has 0 bridgehead atoms. The van der Waals surface area contributed by atoms with Crippen LogP contribution in [0, 0.1) is 20.9 Å². The van der Waals surface area contributed by atoms with Gasteiger partial charge in [0.2, 0.25) is 0 Å². The predicted octanol–water partition coefficient (Wildman–Crippen LogP) is 5.62. The van der Waals surface area contributed by atoms with Gasteiger partial charge >= 0.3 is 0 Å². The number of carbonyl (C=O) groups excluding carboxylic acids is 2. The van der Waals surface area contributed by atoms with E-state index in [-0.39, 0.29) is 33.0 Å². The van der Waals surface area contributed by atoms with Gasteiger partial charge in [-0.05, 0) is 17.3 Å². The quantitative estimate of drug-likeness (QED) is 0.460. The highest BCUT2D eigenvalue weighted by Gasteiger charge is 2.48. The summed E-state index contributed by atoms with van der Waals surface area (Å²) in [6, 6.07) is 1.56. The number of Topliss-reactive ketones (excluding diaryl/α,β-unsaturated/α-hetero) is 2. The molecule has 0 unspecified atom stereocenters. The standard InChI is InChI=1S/C23H27NO5S/c1-6-17-12(24(27)28)7-18(30-17)21-19-13(25)8-22(2,3)10-15(19)29-16-11-23(4,5)9-14(26)20(16)21/h7,21H,6,8-11H2,1-5H3. The average molecular weight is 430 g/mol. The summed E-state index contributed by atoms with van der Waals surface area (Å²) in [4.78, 5) is 39.0. The van der Waals surface area contributed by atoms with E-state index in [1.807, 2.05) is 34.6 Å². The van der Waals surface area contributed by atoms with Crippen LogP contribution in [0.3, 0.4) is 0 Å². The average Bonchev–Trinajstić information content (AvgIpc) is 3.02. The third kappa shape index (κ3) is 3.43. The van der Waals surface area contributed by atoms with Crippen molar-refractivity contribution in [1.29, 1.82) is 0 Å². The lowest BCUT2D eigenvalue weighted by molar-refractivity contribution is -0.385. The Labute approximate surface area is 180 Å². The molecule has 4 rings (SSSR count). The topological polar surface area (TPSA) is 86.5 Å². The highest BCUT2D eigenvalue weighted by atomic mass is 32.1. The van der Waals surface area contributed by atoms with Crippen LogP contribution in [0.4, 0.5) is 5.69 Å². The molecule has 1 aromatic rings. The summed E-state index contributed by atoms with van der Waals surface area (Å²) >= 11 is 1.34. The van der Waals surface area contributed by atoms with Gasteiger partial charge in [-0.2, -0.15) is 0 Å². The molecule has 1 aliphatic heterocycles. The molecule has 0 spiro atoms. The minimum atomic E-state index is -0.556. The Morgan fingerprint density at radius 1 is 1.03 bits per heavy atom. The van der Waals surface area contributed by atoms with Crippen LogP contribution in [0.25, 0.3) is 0 Å². The maximum absolute atomic E-state index is 13.2. The first kappa shape index (κ1) is 21.0. The fourth-order valence-electron chi connectivity index (χ4n) is 4.95. The molecular weight excluding hydrogens is 402 g/mol. The number of hydrogen-bond donors (Lipinski definition) is 0. The van der Waals surface area contributed by atoms with E-state index < -0.39 is 5.92 Å². The van der Waals surface area contributed by atoms with E-state index in [0.29, 0.717) is 64.5 Å². The Hall–Kier alpha value is -2.28. The van der Waals surface area contributed by atoms with Gasteiger partial charge < -0.3 is 4.74 Å². The van der Waals surface area contributed by atoms with Crippen molar-refractivity contribution in [2.24, 2.45) is 10.8 Å². The first-order valence-corrected chi connectivity index (χ1v) is 11.2. The maximum Gasteiger partial charge on any atom is 0.283 e. The van der Waals surface area contributed by atoms with Crippen LogP contribution in [0.1, 0.15) is 76.0 Å². The molecule has 0 saturated carbocycles. The van der Waals surface area contributed by atoms with Crippen LogP contribution < -0.4 is 0 Å². The molecule has 0 aromatic carbocycles. The molecular formula is C23H27NO5S. The van der Waals surface area contributed by atoms with Gasteiger partial charge in [0.05, 0.1) is 15.7 Å². The monoisotopic (exact) mass is 429 g/mol. The highest BCUT2D eigenvalue weighted by Crippen LogP contribution is 2.54. The molecule has 2 aliphatic carbocycles. The molecule has 0 fully saturated rings. The first-order valence-electron chi connectivity index (χ1n) is 10.4. The van der Waals surface area contributed by atoms with E-state index >= 15 is 0 Å². The minimum absolute atomic E-state index is 0.0236. The SMILES string of the molecule is CCc1sc(C2C3=C(CC(C)(C)CC3=O)OC3=C2C(=O)CC(C)(C)C3)cc1[N+](=O)[O-]. The van der Waals surface area contributed by atoms with E-state index in [9.17, 15) is 19.7 Å². The number of nitrogens with zero attached hydrogens (tertiary/aromatic N) is 1. The Morgan fingerprint density at radius 2 is 1.53 bits per heavy atom. The van der Waals surface area contributed by atoms with E-state index in [1.165, 1.54) is 11.3 Å². The summed E-state index contributed by atoms with van der Waals surface area (Å²) in [7, 11) is 0. The molecule has 0 N–H and O–H groups in total. The zero-order valence-corrected chi connectivity index (χ0v) is 18.9. The second kappa shape index (κ2) is 6.87. The van der Waals surface area contributed by atoms with Crippen molar-refractivity contribution in [1.82, 2.24) is 0 Å². The van der Waals surface area contributed by atoms with Gasteiger partial charge in [-0.1, -0.05) is 34.6 Å². The number of aryl methyl sites for hydroxylation is 1. The number of rotatable bonds is 3. The van der Waals surface area contributed by atoms with Gasteiger partial charge in [0.1, 0.15) is 11.5 Å². The number of ether oxygens (including phenoxy) is 1. The lowest BCUT2D eigenvalue weighted by atomic mass is 9.67. The number of allylic oxidation sites excluding steroid dienone is 4. The van der Waals surface area contributed by atoms with Crippen LogP contribution in [0.5, 0.6) is 0 Å². The Morgan fingerprint density at radius 3 is 1.93 bits per heavy atom. The van der Waals surface area contributed by atoms with Crippen LogP contribution >= 0.6 is 11.3 Å². The number of hydrogen-bond acceptors (Lipinski definition) is 6. The second-order valence-corrected chi connectivity index (χ2v) is 11.3. The second-order valence-electron chi connectivity index (χ2n) is 10.2. The van der Waals surface area contributed by atoms with E-state index in [2.05, 4.69) is 0 Å². The number of carbonyl (C=O) groups is 2. The van der Waals surface area contributed by atoms with Crippen molar-refractivity contribution in [2.75, 3.05) is 0 Å². The predicted molar refractivity (Wildman–Crippen MR) is 114 cm³/mol. The lowest BCUT2D eigenvalue weighted by Crippen LogP contribution is -2.37. The van der Waals surface area contributed by atoms with Gasteiger partial charge in [-0.25, -0.2) is 0 Å². The molecule has 3 aliphatic rings. The third-order valence-corrected chi connectivity index (χ3v) is 7.52. The summed E-state index contributed by atoms with van der Waals surface area (Å²) < 4.78 is 6.26. The smallest absolute Gasteiger partial charge is 0.283 e. The summed E-state index contributed by atoms with van der Waals surface area (Å²) in [6.07, 6.45) is 2.52. The van der Waals surface area contributed by atoms with Crippen LogP contribution in [-0.4, -0.2) is 16.5 Å². The van der Waals surface area contributed by atoms with Gasteiger partial charge in [-0.15, -0.1) is 11.3 Å². The van der Waals surface area contributed by atoms with E-state index in [1.54, 1.807) is 6.07 Å². The summed E-state index contributed by atoms with van der Waals surface area (Å²) in [6.45, 7) is 10.0. The minimum Gasteiger partial charge on any atom is -0.465 e. The Balaban J connectivity index is 1.93. The molecule has 160 valence electrons. The fourth-order valence-corrected chi connectivity index (χ4v) is 6.14. The largest absolute Gasteiger partial charge is 0.465 e. The third-order valence-electron chi connectivity index (χ3n) is 6.19. The van der Waals surface area contributed by atoms with Gasteiger partial charge in [0.25, 0.3) is 5.69 Å². The Kier molecular flexibility index (Phi) is 4.80. The van der Waals surface area contributed by atoms with Gasteiger partial charge in [0.15, 0.2) is 11.6 Å². The molecule has 0 amide bonds.